The highest BCUT2D eigenvalue weighted by Crippen LogP contribution is 2.26. The summed E-state index contributed by atoms with van der Waals surface area (Å²) >= 11 is 5.97. The molecule has 0 radical (unpaired) electrons. The maximum Gasteiger partial charge on any atom is 0.264 e. The van der Waals surface area contributed by atoms with Gasteiger partial charge in [0.05, 0.1) is 15.5 Å². The number of benzene rings is 3. The predicted octanol–water partition coefficient (Wildman–Crippen LogP) is 4.27. The number of halogens is 1. The minimum atomic E-state index is -4.06. The fourth-order valence-corrected chi connectivity index (χ4v) is 6.94. The molecule has 0 bridgehead atoms. The van der Waals surface area contributed by atoms with Gasteiger partial charge in [0, 0.05) is 23.8 Å². The number of amides is 1. The van der Waals surface area contributed by atoms with Crippen molar-refractivity contribution in [3.63, 3.8) is 0 Å². The molecule has 0 saturated carbocycles. The topological polar surface area (TPSA) is 104 Å². The van der Waals surface area contributed by atoms with Gasteiger partial charge in [-0.05, 0) is 80.4 Å². The molecule has 1 aliphatic heterocycles. The molecule has 11 heteroatoms. The molecule has 0 spiro atoms. The third-order valence-electron chi connectivity index (χ3n) is 5.85. The lowest BCUT2D eigenvalue weighted by Gasteiger charge is -2.24. The summed E-state index contributed by atoms with van der Waals surface area (Å²) < 4.78 is 54.8. The van der Waals surface area contributed by atoms with E-state index in [0.717, 1.165) is 22.7 Å². The summed E-state index contributed by atoms with van der Waals surface area (Å²) in [6.45, 7) is 2.35. The summed E-state index contributed by atoms with van der Waals surface area (Å²) in [7, 11) is -7.64. The Labute approximate surface area is 216 Å². The molecular formula is C25H26ClN3O5S2. The minimum absolute atomic E-state index is 0.0484. The summed E-state index contributed by atoms with van der Waals surface area (Å²) in [5.74, 6) is -0.587. The average Bonchev–Trinajstić information content (AvgIpc) is 3.40. The van der Waals surface area contributed by atoms with E-state index in [2.05, 4.69) is 5.32 Å². The molecule has 36 heavy (non-hydrogen) atoms. The molecule has 1 aliphatic rings. The molecule has 3 aromatic carbocycles. The van der Waals surface area contributed by atoms with Crippen LogP contribution >= 0.6 is 11.6 Å². The summed E-state index contributed by atoms with van der Waals surface area (Å²) in [5.41, 5.74) is 1.53. The molecule has 1 saturated heterocycles. The molecule has 4 rings (SSSR count). The van der Waals surface area contributed by atoms with E-state index < -0.39 is 32.5 Å². The number of nitrogens with one attached hydrogen (secondary N) is 1. The van der Waals surface area contributed by atoms with E-state index >= 15 is 0 Å². The monoisotopic (exact) mass is 547 g/mol. The number of hydrogen-bond acceptors (Lipinski definition) is 5. The number of carbonyl (C=O) groups is 1. The lowest BCUT2D eigenvalue weighted by molar-refractivity contribution is -0.114. The molecule has 0 unspecified atom stereocenters. The van der Waals surface area contributed by atoms with Crippen molar-refractivity contribution in [2.45, 2.75) is 29.6 Å². The number of nitrogens with zero attached hydrogens (tertiary/aromatic N) is 2. The molecule has 190 valence electrons. The minimum Gasteiger partial charge on any atom is -0.325 e. The smallest absolute Gasteiger partial charge is 0.264 e. The van der Waals surface area contributed by atoms with Crippen molar-refractivity contribution in [3.05, 3.63) is 83.4 Å². The fourth-order valence-electron chi connectivity index (χ4n) is 3.88. The van der Waals surface area contributed by atoms with Crippen molar-refractivity contribution in [2.24, 2.45) is 0 Å². The Morgan fingerprint density at radius 2 is 1.42 bits per heavy atom. The van der Waals surface area contributed by atoms with E-state index in [4.69, 9.17) is 11.6 Å². The molecule has 1 N–H and O–H groups in total. The van der Waals surface area contributed by atoms with E-state index in [1.165, 1.54) is 52.8 Å². The summed E-state index contributed by atoms with van der Waals surface area (Å²) in [6, 6.07) is 18.3. The van der Waals surface area contributed by atoms with Gasteiger partial charge in [-0.1, -0.05) is 29.3 Å². The van der Waals surface area contributed by atoms with Crippen LogP contribution in [-0.4, -0.2) is 46.7 Å². The Morgan fingerprint density at radius 1 is 0.861 bits per heavy atom. The standard InChI is InChI=1S/C25H26ClN3O5S2/c1-19-4-12-24(13-5-19)36(33,34)29(22-10-6-20(26)7-11-22)18-25(30)27-21-8-14-23(15-9-21)35(31,32)28-16-2-3-17-28/h4-15H,2-3,16-18H2,1H3,(H,27,30). The first-order chi connectivity index (χ1) is 17.1. The second-order valence-electron chi connectivity index (χ2n) is 8.48. The summed E-state index contributed by atoms with van der Waals surface area (Å²) in [4.78, 5) is 13.1. The molecular weight excluding hydrogens is 522 g/mol. The summed E-state index contributed by atoms with van der Waals surface area (Å²) in [6.07, 6.45) is 1.67. The quantitative estimate of drug-likeness (QED) is 0.453. The number of aryl methyl sites for hydroxylation is 1. The van der Waals surface area contributed by atoms with E-state index in [-0.39, 0.29) is 15.5 Å². The van der Waals surface area contributed by atoms with Crippen LogP contribution in [0.3, 0.4) is 0 Å². The van der Waals surface area contributed by atoms with E-state index in [9.17, 15) is 21.6 Å². The zero-order valence-corrected chi connectivity index (χ0v) is 22.0. The van der Waals surface area contributed by atoms with Gasteiger partial charge in [0.2, 0.25) is 15.9 Å². The highest BCUT2D eigenvalue weighted by atomic mass is 35.5. The molecule has 0 aromatic heterocycles. The van der Waals surface area contributed by atoms with Crippen LogP contribution in [0.2, 0.25) is 5.02 Å². The van der Waals surface area contributed by atoms with Crippen LogP contribution in [0.4, 0.5) is 11.4 Å². The van der Waals surface area contributed by atoms with Crippen molar-refractivity contribution in [1.82, 2.24) is 4.31 Å². The fraction of sp³-hybridized carbons (Fsp3) is 0.240. The number of sulfonamides is 2. The van der Waals surface area contributed by atoms with Gasteiger partial charge in [0.25, 0.3) is 10.0 Å². The third-order valence-corrected chi connectivity index (χ3v) is 9.80. The molecule has 3 aromatic rings. The SMILES string of the molecule is Cc1ccc(S(=O)(=O)N(CC(=O)Nc2ccc(S(=O)(=O)N3CCCC3)cc2)c2ccc(Cl)cc2)cc1. The predicted molar refractivity (Wildman–Crippen MR) is 140 cm³/mol. The third kappa shape index (κ3) is 5.73. The second kappa shape index (κ2) is 10.6. The van der Waals surface area contributed by atoms with Crippen LogP contribution in [0.25, 0.3) is 0 Å². The van der Waals surface area contributed by atoms with Gasteiger partial charge in [-0.15, -0.1) is 0 Å². The normalized spacial score (nSPS) is 14.5. The van der Waals surface area contributed by atoms with Crippen LogP contribution in [0.5, 0.6) is 0 Å². The first-order valence-corrected chi connectivity index (χ1v) is 14.6. The van der Waals surface area contributed by atoms with Crippen LogP contribution in [0, 0.1) is 6.92 Å². The Hall–Kier alpha value is -2.92. The van der Waals surface area contributed by atoms with Gasteiger partial charge >= 0.3 is 0 Å². The van der Waals surface area contributed by atoms with Gasteiger partial charge in [-0.25, -0.2) is 16.8 Å². The highest BCUT2D eigenvalue weighted by Gasteiger charge is 2.28. The second-order valence-corrected chi connectivity index (χ2v) is 12.7. The van der Waals surface area contributed by atoms with Gasteiger partial charge < -0.3 is 5.32 Å². The zero-order chi connectivity index (χ0) is 25.9. The average molecular weight is 548 g/mol. The summed E-state index contributed by atoms with van der Waals surface area (Å²) in [5, 5.41) is 3.09. The first kappa shape index (κ1) is 26.2. The van der Waals surface area contributed by atoms with Crippen molar-refractivity contribution in [1.29, 1.82) is 0 Å². The van der Waals surface area contributed by atoms with Gasteiger partial charge in [0.1, 0.15) is 6.54 Å². The number of carbonyl (C=O) groups excluding carboxylic acids is 1. The maximum absolute atomic E-state index is 13.4. The molecule has 0 atom stereocenters. The number of anilines is 2. The maximum atomic E-state index is 13.4. The number of hydrogen-bond donors (Lipinski definition) is 1. The first-order valence-electron chi connectivity index (χ1n) is 11.3. The number of rotatable bonds is 8. The lowest BCUT2D eigenvalue weighted by atomic mass is 10.2. The lowest BCUT2D eigenvalue weighted by Crippen LogP contribution is -2.38. The molecule has 0 aliphatic carbocycles. The van der Waals surface area contributed by atoms with E-state index in [1.54, 1.807) is 24.3 Å². The van der Waals surface area contributed by atoms with Crippen molar-refractivity contribution >= 4 is 48.9 Å². The molecule has 1 heterocycles. The Bertz CT molecular complexity index is 1440. The van der Waals surface area contributed by atoms with Crippen molar-refractivity contribution < 1.29 is 21.6 Å². The van der Waals surface area contributed by atoms with Crippen molar-refractivity contribution in [2.75, 3.05) is 29.3 Å². The highest BCUT2D eigenvalue weighted by molar-refractivity contribution is 7.92. The zero-order valence-electron chi connectivity index (χ0n) is 19.6. The Balaban J connectivity index is 1.55. The van der Waals surface area contributed by atoms with Gasteiger partial charge in [0.15, 0.2) is 0 Å². The molecule has 8 nitrogen and oxygen atoms in total. The van der Waals surface area contributed by atoms with Crippen LogP contribution in [0.1, 0.15) is 18.4 Å². The Morgan fingerprint density at radius 3 is 2.00 bits per heavy atom. The van der Waals surface area contributed by atoms with Crippen LogP contribution in [0.15, 0.2) is 82.6 Å². The Kier molecular flexibility index (Phi) is 7.70. The van der Waals surface area contributed by atoms with Crippen LogP contribution < -0.4 is 9.62 Å². The van der Waals surface area contributed by atoms with E-state index in [1.807, 2.05) is 6.92 Å². The van der Waals surface area contributed by atoms with Crippen molar-refractivity contribution in [3.8, 4) is 0 Å². The van der Waals surface area contributed by atoms with Crippen LogP contribution in [-0.2, 0) is 24.8 Å². The molecule has 1 fully saturated rings. The van der Waals surface area contributed by atoms with Gasteiger partial charge in [-0.2, -0.15) is 4.31 Å². The largest absolute Gasteiger partial charge is 0.325 e. The molecule has 1 amide bonds. The van der Waals surface area contributed by atoms with Gasteiger partial charge in [-0.3, -0.25) is 9.10 Å². The van der Waals surface area contributed by atoms with E-state index in [0.29, 0.717) is 23.8 Å².